The first kappa shape index (κ1) is 17.9. The number of aliphatic carboxylic acids is 1. The molecule has 0 saturated carbocycles. The molecular weight excluding hydrogens is 381 g/mol. The van der Waals surface area contributed by atoms with Crippen molar-refractivity contribution < 1.29 is 14.7 Å². The molecule has 0 aromatic heterocycles. The first-order valence-electron chi connectivity index (χ1n) is 6.98. The van der Waals surface area contributed by atoms with Crippen LogP contribution in [0.3, 0.4) is 0 Å². The zero-order valence-corrected chi connectivity index (χ0v) is 14.9. The van der Waals surface area contributed by atoms with E-state index in [2.05, 4.69) is 27.9 Å². The largest absolute Gasteiger partial charge is 0.481 e. The molecule has 0 aliphatic carbocycles. The molecule has 2 N–H and O–H groups in total. The predicted molar refractivity (Wildman–Crippen MR) is 91.5 cm³/mol. The highest BCUT2D eigenvalue weighted by molar-refractivity contribution is 14.1. The van der Waals surface area contributed by atoms with Gasteiger partial charge in [0.15, 0.2) is 0 Å². The number of nitrogens with one attached hydrogen (secondary N) is 1. The molecule has 0 bridgehead atoms. The molecule has 0 aliphatic heterocycles. The van der Waals surface area contributed by atoms with Crippen molar-refractivity contribution in [3.8, 4) is 0 Å². The third kappa shape index (κ3) is 6.03. The van der Waals surface area contributed by atoms with Crippen molar-refractivity contribution in [2.45, 2.75) is 40.0 Å². The van der Waals surface area contributed by atoms with Crippen LogP contribution in [0.4, 0.5) is 0 Å². The summed E-state index contributed by atoms with van der Waals surface area (Å²) < 4.78 is 0.970. The van der Waals surface area contributed by atoms with E-state index < -0.39 is 5.97 Å². The number of benzene rings is 1. The summed E-state index contributed by atoms with van der Waals surface area (Å²) in [4.78, 5) is 22.8. The van der Waals surface area contributed by atoms with Gasteiger partial charge in [0.05, 0.1) is 5.56 Å². The number of aryl methyl sites for hydroxylation is 1. The van der Waals surface area contributed by atoms with Crippen LogP contribution in [-0.2, 0) is 4.79 Å². The molecule has 21 heavy (non-hydrogen) atoms. The maximum Gasteiger partial charge on any atom is 0.303 e. The lowest BCUT2D eigenvalue weighted by atomic mass is 9.84. The monoisotopic (exact) mass is 403 g/mol. The van der Waals surface area contributed by atoms with Crippen molar-refractivity contribution in [3.63, 3.8) is 0 Å². The normalized spacial score (nSPS) is 11.2. The highest BCUT2D eigenvalue weighted by Gasteiger charge is 2.19. The first-order valence-corrected chi connectivity index (χ1v) is 8.06. The van der Waals surface area contributed by atoms with Crippen molar-refractivity contribution in [2.24, 2.45) is 5.41 Å². The van der Waals surface area contributed by atoms with Gasteiger partial charge in [-0.05, 0) is 59.4 Å². The molecule has 1 aromatic rings. The highest BCUT2D eigenvalue weighted by atomic mass is 127. The maximum atomic E-state index is 12.2. The van der Waals surface area contributed by atoms with E-state index in [0.717, 1.165) is 15.6 Å². The molecule has 0 aliphatic rings. The minimum absolute atomic E-state index is 0.0721. The minimum atomic E-state index is -0.776. The Kier molecular flexibility index (Phi) is 6.64. The van der Waals surface area contributed by atoms with Gasteiger partial charge >= 0.3 is 5.97 Å². The quantitative estimate of drug-likeness (QED) is 0.684. The second kappa shape index (κ2) is 7.77. The van der Waals surface area contributed by atoms with Gasteiger partial charge in [0, 0.05) is 16.5 Å². The van der Waals surface area contributed by atoms with E-state index in [4.69, 9.17) is 5.11 Å². The van der Waals surface area contributed by atoms with Crippen LogP contribution in [0.5, 0.6) is 0 Å². The maximum absolute atomic E-state index is 12.2. The molecule has 0 spiro atoms. The lowest BCUT2D eigenvalue weighted by Crippen LogP contribution is -2.29. The molecule has 4 nitrogen and oxygen atoms in total. The van der Waals surface area contributed by atoms with E-state index in [0.29, 0.717) is 18.5 Å². The zero-order valence-electron chi connectivity index (χ0n) is 12.7. The van der Waals surface area contributed by atoms with E-state index >= 15 is 0 Å². The number of carbonyl (C=O) groups excluding carboxylic acids is 1. The van der Waals surface area contributed by atoms with Crippen molar-refractivity contribution in [3.05, 3.63) is 32.9 Å². The van der Waals surface area contributed by atoms with Gasteiger partial charge in [-0.25, -0.2) is 0 Å². The average molecular weight is 403 g/mol. The summed E-state index contributed by atoms with van der Waals surface area (Å²) in [5.74, 6) is -0.849. The van der Waals surface area contributed by atoms with E-state index in [1.807, 2.05) is 39.0 Å². The fraction of sp³-hybridized carbons (Fsp3) is 0.500. The van der Waals surface area contributed by atoms with Crippen LogP contribution in [0.1, 0.15) is 49.0 Å². The van der Waals surface area contributed by atoms with Gasteiger partial charge in [-0.15, -0.1) is 0 Å². The first-order chi connectivity index (χ1) is 9.73. The van der Waals surface area contributed by atoms with Gasteiger partial charge in [-0.1, -0.05) is 26.0 Å². The number of amides is 1. The second-order valence-electron chi connectivity index (χ2n) is 6.00. The number of hydrogen-bond donors (Lipinski definition) is 2. The van der Waals surface area contributed by atoms with Crippen LogP contribution in [0.2, 0.25) is 0 Å². The number of hydrogen-bond acceptors (Lipinski definition) is 2. The van der Waals surface area contributed by atoms with Gasteiger partial charge in [0.25, 0.3) is 5.91 Å². The molecule has 116 valence electrons. The van der Waals surface area contributed by atoms with Crippen LogP contribution < -0.4 is 5.32 Å². The Morgan fingerprint density at radius 3 is 2.57 bits per heavy atom. The molecule has 1 aromatic carbocycles. The van der Waals surface area contributed by atoms with Crippen molar-refractivity contribution in [1.29, 1.82) is 0 Å². The van der Waals surface area contributed by atoms with Crippen molar-refractivity contribution in [1.82, 2.24) is 5.32 Å². The van der Waals surface area contributed by atoms with E-state index in [9.17, 15) is 9.59 Å². The Morgan fingerprint density at radius 2 is 1.95 bits per heavy atom. The Hall–Kier alpha value is -1.11. The van der Waals surface area contributed by atoms with Gasteiger partial charge < -0.3 is 10.4 Å². The number of rotatable bonds is 7. The van der Waals surface area contributed by atoms with Gasteiger partial charge in [0.2, 0.25) is 0 Å². The fourth-order valence-corrected chi connectivity index (χ4v) is 2.61. The molecule has 0 saturated heterocycles. The number of carboxylic acid groups (broad SMARTS) is 1. The summed E-state index contributed by atoms with van der Waals surface area (Å²) in [7, 11) is 0. The van der Waals surface area contributed by atoms with Gasteiger partial charge in [-0.3, -0.25) is 9.59 Å². The summed E-state index contributed by atoms with van der Waals surface area (Å²) >= 11 is 2.18. The molecule has 0 fully saturated rings. The second-order valence-corrected chi connectivity index (χ2v) is 7.08. The summed E-state index contributed by atoms with van der Waals surface area (Å²) in [6.45, 7) is 6.58. The predicted octanol–water partition coefficient (Wildman–Crippen LogP) is 3.61. The van der Waals surface area contributed by atoms with Crippen LogP contribution in [-0.4, -0.2) is 23.5 Å². The zero-order chi connectivity index (χ0) is 16.0. The lowest BCUT2D eigenvalue weighted by molar-refractivity contribution is -0.137. The molecule has 1 rings (SSSR count). The van der Waals surface area contributed by atoms with Crippen LogP contribution in [0.25, 0.3) is 0 Å². The Labute approximate surface area is 139 Å². The third-order valence-corrected chi connectivity index (χ3v) is 4.97. The minimum Gasteiger partial charge on any atom is -0.481 e. The van der Waals surface area contributed by atoms with Crippen molar-refractivity contribution in [2.75, 3.05) is 6.54 Å². The van der Waals surface area contributed by atoms with E-state index in [-0.39, 0.29) is 17.7 Å². The molecule has 1 amide bonds. The van der Waals surface area contributed by atoms with Crippen LogP contribution >= 0.6 is 22.6 Å². The highest BCUT2D eigenvalue weighted by Crippen LogP contribution is 2.26. The van der Waals surface area contributed by atoms with Crippen LogP contribution in [0, 0.1) is 15.9 Å². The summed E-state index contributed by atoms with van der Waals surface area (Å²) in [6, 6.07) is 5.68. The molecule has 0 radical (unpaired) electrons. The topological polar surface area (TPSA) is 66.4 Å². The summed E-state index contributed by atoms with van der Waals surface area (Å²) in [6.07, 6.45) is 1.53. The summed E-state index contributed by atoms with van der Waals surface area (Å²) in [5, 5.41) is 11.6. The fourth-order valence-electron chi connectivity index (χ4n) is 2.00. The Morgan fingerprint density at radius 1 is 1.29 bits per heavy atom. The Bertz CT molecular complexity index is 526. The summed E-state index contributed by atoms with van der Waals surface area (Å²) in [5.41, 5.74) is 1.69. The third-order valence-electron chi connectivity index (χ3n) is 3.54. The number of halogens is 1. The SMILES string of the molecule is Cc1cccc(C(=O)NCCC(C)(C)CCC(=O)O)c1I. The van der Waals surface area contributed by atoms with Crippen molar-refractivity contribution >= 4 is 34.5 Å². The molecule has 0 heterocycles. The average Bonchev–Trinajstić information content (AvgIpc) is 2.39. The number of carbonyl (C=O) groups is 2. The molecule has 0 atom stereocenters. The standard InChI is InChI=1S/C16H22INO3/c1-11-5-4-6-12(14(11)17)15(21)18-10-9-16(2,3)8-7-13(19)20/h4-6H,7-10H2,1-3H3,(H,18,21)(H,19,20). The van der Waals surface area contributed by atoms with E-state index in [1.54, 1.807) is 0 Å². The molecule has 5 heteroatoms. The van der Waals surface area contributed by atoms with E-state index in [1.165, 1.54) is 0 Å². The molecule has 0 unspecified atom stereocenters. The van der Waals surface area contributed by atoms with Gasteiger partial charge in [-0.2, -0.15) is 0 Å². The smallest absolute Gasteiger partial charge is 0.303 e. The Balaban J connectivity index is 2.50. The number of carboxylic acids is 1. The molecular formula is C16H22INO3. The lowest BCUT2D eigenvalue weighted by Gasteiger charge is -2.23. The van der Waals surface area contributed by atoms with Gasteiger partial charge in [0.1, 0.15) is 0 Å². The van der Waals surface area contributed by atoms with Crippen LogP contribution in [0.15, 0.2) is 18.2 Å².